The number of piperidine rings is 1. The van der Waals surface area contributed by atoms with Crippen LogP contribution in [0.25, 0.3) is 0 Å². The molecule has 110 valence electrons. The van der Waals surface area contributed by atoms with Crippen molar-refractivity contribution in [2.45, 2.75) is 19.8 Å². The molecule has 1 atom stereocenters. The number of aryl methyl sites for hydroxylation is 1. The number of ether oxygens (including phenoxy) is 1. The van der Waals surface area contributed by atoms with Crippen molar-refractivity contribution in [2.75, 3.05) is 32.1 Å². The molecular weight excluding hydrogens is 262 g/mol. The van der Waals surface area contributed by atoms with E-state index in [9.17, 15) is 9.59 Å². The van der Waals surface area contributed by atoms with E-state index >= 15 is 0 Å². The van der Waals surface area contributed by atoms with Gasteiger partial charge in [-0.2, -0.15) is 0 Å². The molecule has 0 saturated carbocycles. The highest BCUT2D eigenvalue weighted by Crippen LogP contribution is 2.17. The Labute approximate surface area is 117 Å². The molecule has 1 amide bonds. The van der Waals surface area contributed by atoms with Crippen LogP contribution in [0, 0.1) is 12.8 Å². The summed E-state index contributed by atoms with van der Waals surface area (Å²) in [5, 5.41) is 6.34. The summed E-state index contributed by atoms with van der Waals surface area (Å²) < 4.78 is 9.68. The Kier molecular flexibility index (Phi) is 4.73. The minimum Gasteiger partial charge on any atom is -0.469 e. The van der Waals surface area contributed by atoms with Gasteiger partial charge >= 0.3 is 5.97 Å². The lowest BCUT2D eigenvalue weighted by molar-refractivity contribution is -0.147. The van der Waals surface area contributed by atoms with E-state index in [1.54, 1.807) is 13.0 Å². The number of rotatable bonds is 4. The van der Waals surface area contributed by atoms with Crippen LogP contribution < -0.4 is 5.32 Å². The number of carbonyl (C=O) groups excluding carboxylic acids is 2. The van der Waals surface area contributed by atoms with E-state index in [-0.39, 0.29) is 24.3 Å². The summed E-state index contributed by atoms with van der Waals surface area (Å²) in [5.74, 6) is -0.185. The maximum atomic E-state index is 11.9. The molecule has 1 aromatic heterocycles. The lowest BCUT2D eigenvalue weighted by Crippen LogP contribution is -2.42. The average Bonchev–Trinajstić information content (AvgIpc) is 2.83. The number of amides is 1. The number of nitrogens with one attached hydrogen (secondary N) is 1. The summed E-state index contributed by atoms with van der Waals surface area (Å²) in [6.45, 7) is 3.36. The number of anilines is 1. The Morgan fingerprint density at radius 2 is 2.40 bits per heavy atom. The number of methoxy groups -OCH3 is 1. The molecule has 1 fully saturated rings. The van der Waals surface area contributed by atoms with E-state index in [1.807, 2.05) is 4.90 Å². The first kappa shape index (κ1) is 14.5. The molecule has 20 heavy (non-hydrogen) atoms. The SMILES string of the molecule is COC(=O)[C@H]1CCCN(CC(=O)Nc2cc(C)no2)C1. The molecule has 0 aromatic carbocycles. The normalized spacial score (nSPS) is 19.6. The van der Waals surface area contributed by atoms with Gasteiger partial charge in [0.2, 0.25) is 11.8 Å². The molecule has 2 rings (SSSR count). The van der Waals surface area contributed by atoms with E-state index < -0.39 is 0 Å². The van der Waals surface area contributed by atoms with Crippen LogP contribution >= 0.6 is 0 Å². The Morgan fingerprint density at radius 3 is 3.05 bits per heavy atom. The van der Waals surface area contributed by atoms with Gasteiger partial charge in [-0.1, -0.05) is 5.16 Å². The zero-order chi connectivity index (χ0) is 14.5. The van der Waals surface area contributed by atoms with Gasteiger partial charge in [0.05, 0.1) is 25.3 Å². The average molecular weight is 281 g/mol. The topological polar surface area (TPSA) is 84.7 Å². The van der Waals surface area contributed by atoms with Gasteiger partial charge in [0.25, 0.3) is 0 Å². The number of hydrogen-bond acceptors (Lipinski definition) is 6. The standard InChI is InChI=1S/C13H19N3O4/c1-9-6-12(20-15-9)14-11(17)8-16-5-3-4-10(7-16)13(18)19-2/h6,10H,3-5,7-8H2,1-2H3,(H,14,17)/t10-/m0/s1. The summed E-state index contributed by atoms with van der Waals surface area (Å²) in [6, 6.07) is 1.66. The number of esters is 1. The van der Waals surface area contributed by atoms with Gasteiger partial charge < -0.3 is 9.26 Å². The fourth-order valence-electron chi connectivity index (χ4n) is 2.36. The van der Waals surface area contributed by atoms with Crippen LogP contribution in [0.15, 0.2) is 10.6 Å². The maximum Gasteiger partial charge on any atom is 0.309 e. The van der Waals surface area contributed by atoms with Crippen LogP contribution in [0.4, 0.5) is 5.88 Å². The summed E-state index contributed by atoms with van der Waals surface area (Å²) in [4.78, 5) is 25.3. The molecule has 1 N–H and O–H groups in total. The van der Waals surface area contributed by atoms with Crippen molar-refractivity contribution in [3.8, 4) is 0 Å². The zero-order valence-electron chi connectivity index (χ0n) is 11.7. The van der Waals surface area contributed by atoms with Gasteiger partial charge in [-0.05, 0) is 26.3 Å². The van der Waals surface area contributed by atoms with Crippen molar-refractivity contribution in [3.63, 3.8) is 0 Å². The van der Waals surface area contributed by atoms with E-state index in [2.05, 4.69) is 10.5 Å². The summed E-state index contributed by atoms with van der Waals surface area (Å²) in [6.07, 6.45) is 1.69. The minimum atomic E-state index is -0.207. The number of carbonyl (C=O) groups is 2. The molecule has 0 aliphatic carbocycles. The minimum absolute atomic E-state index is 0.144. The second kappa shape index (κ2) is 6.51. The molecule has 1 aliphatic heterocycles. The smallest absolute Gasteiger partial charge is 0.309 e. The largest absolute Gasteiger partial charge is 0.469 e. The Bertz CT molecular complexity index is 486. The highest BCUT2D eigenvalue weighted by Gasteiger charge is 2.27. The van der Waals surface area contributed by atoms with Crippen LogP contribution in [-0.2, 0) is 14.3 Å². The lowest BCUT2D eigenvalue weighted by atomic mass is 9.98. The molecule has 2 heterocycles. The number of likely N-dealkylation sites (tertiary alicyclic amines) is 1. The Hall–Kier alpha value is -1.89. The Balaban J connectivity index is 1.83. The molecule has 1 aromatic rings. The lowest BCUT2D eigenvalue weighted by Gasteiger charge is -2.30. The first-order valence-electron chi connectivity index (χ1n) is 6.62. The van der Waals surface area contributed by atoms with Gasteiger partial charge in [0, 0.05) is 12.6 Å². The third kappa shape index (κ3) is 3.80. The first-order chi connectivity index (χ1) is 9.58. The van der Waals surface area contributed by atoms with Gasteiger partial charge in [-0.15, -0.1) is 0 Å². The molecule has 0 radical (unpaired) electrons. The van der Waals surface area contributed by atoms with Crippen LogP contribution in [0.2, 0.25) is 0 Å². The predicted molar refractivity (Wildman–Crippen MR) is 71.0 cm³/mol. The molecular formula is C13H19N3O4. The second-order valence-corrected chi connectivity index (χ2v) is 4.98. The van der Waals surface area contributed by atoms with Crippen LogP contribution in [0.1, 0.15) is 18.5 Å². The van der Waals surface area contributed by atoms with Crippen molar-refractivity contribution in [3.05, 3.63) is 11.8 Å². The van der Waals surface area contributed by atoms with Crippen molar-refractivity contribution in [1.29, 1.82) is 0 Å². The summed E-state index contributed by atoms with van der Waals surface area (Å²) in [7, 11) is 1.39. The molecule has 7 nitrogen and oxygen atoms in total. The second-order valence-electron chi connectivity index (χ2n) is 4.98. The van der Waals surface area contributed by atoms with E-state index in [0.29, 0.717) is 18.1 Å². The predicted octanol–water partition coefficient (Wildman–Crippen LogP) is 0.807. The third-order valence-corrected chi connectivity index (χ3v) is 3.30. The molecule has 1 saturated heterocycles. The summed E-state index contributed by atoms with van der Waals surface area (Å²) >= 11 is 0. The Morgan fingerprint density at radius 1 is 1.60 bits per heavy atom. The molecule has 1 aliphatic rings. The first-order valence-corrected chi connectivity index (χ1v) is 6.62. The van der Waals surface area contributed by atoms with Crippen molar-refractivity contribution in [2.24, 2.45) is 5.92 Å². The molecule has 0 bridgehead atoms. The van der Waals surface area contributed by atoms with Gasteiger partial charge in [-0.25, -0.2) is 0 Å². The number of nitrogens with zero attached hydrogens (tertiary/aromatic N) is 2. The van der Waals surface area contributed by atoms with Crippen LogP contribution in [0.5, 0.6) is 0 Å². The fraction of sp³-hybridized carbons (Fsp3) is 0.615. The van der Waals surface area contributed by atoms with Crippen molar-refractivity contribution >= 4 is 17.8 Å². The number of aromatic nitrogens is 1. The van der Waals surface area contributed by atoms with Gasteiger partial charge in [0.1, 0.15) is 0 Å². The zero-order valence-corrected chi connectivity index (χ0v) is 11.7. The van der Waals surface area contributed by atoms with Crippen LogP contribution in [-0.4, -0.2) is 48.7 Å². The fourth-order valence-corrected chi connectivity index (χ4v) is 2.36. The van der Waals surface area contributed by atoms with Crippen molar-refractivity contribution in [1.82, 2.24) is 10.1 Å². The quantitative estimate of drug-likeness (QED) is 0.822. The summed E-state index contributed by atoms with van der Waals surface area (Å²) in [5.41, 5.74) is 0.712. The van der Waals surface area contributed by atoms with Gasteiger partial charge in [0.15, 0.2) is 0 Å². The number of hydrogen-bond donors (Lipinski definition) is 1. The molecule has 0 spiro atoms. The maximum absolute atomic E-state index is 11.9. The molecule has 0 unspecified atom stereocenters. The van der Waals surface area contributed by atoms with Crippen molar-refractivity contribution < 1.29 is 18.8 Å². The van der Waals surface area contributed by atoms with Crippen LogP contribution in [0.3, 0.4) is 0 Å². The monoisotopic (exact) mass is 281 g/mol. The van der Waals surface area contributed by atoms with Gasteiger partial charge in [-0.3, -0.25) is 19.8 Å². The third-order valence-electron chi connectivity index (χ3n) is 3.30. The highest BCUT2D eigenvalue weighted by molar-refractivity contribution is 5.91. The van der Waals surface area contributed by atoms with E-state index in [4.69, 9.17) is 9.26 Å². The van der Waals surface area contributed by atoms with E-state index in [0.717, 1.165) is 19.4 Å². The highest BCUT2D eigenvalue weighted by atomic mass is 16.5. The van der Waals surface area contributed by atoms with E-state index in [1.165, 1.54) is 7.11 Å². The molecule has 7 heteroatoms.